The number of halogens is 2. The van der Waals surface area contributed by atoms with Gasteiger partial charge in [-0.15, -0.1) is 0 Å². The number of ether oxygens (including phenoxy) is 1. The smallest absolute Gasteiger partial charge is 0.387 e. The summed E-state index contributed by atoms with van der Waals surface area (Å²) < 4.78 is 29.6. The van der Waals surface area contributed by atoms with Gasteiger partial charge < -0.3 is 15.0 Å². The number of para-hydroxylation sites is 3. The molecule has 1 heterocycles. The van der Waals surface area contributed by atoms with Gasteiger partial charge in [0.05, 0.1) is 11.4 Å². The molecule has 0 spiro atoms. The van der Waals surface area contributed by atoms with Crippen molar-refractivity contribution >= 4 is 11.4 Å². The Kier molecular flexibility index (Phi) is 5.51. The number of piperidine rings is 1. The Hall–Kier alpha value is -2.30. The number of benzene rings is 2. The lowest BCUT2D eigenvalue weighted by atomic mass is 10.1. The van der Waals surface area contributed by atoms with Crippen molar-refractivity contribution in [2.75, 3.05) is 23.3 Å². The summed E-state index contributed by atoms with van der Waals surface area (Å²) in [7, 11) is 0. The van der Waals surface area contributed by atoms with Crippen LogP contribution in [0.25, 0.3) is 0 Å². The fraction of sp³-hybridized carbons (Fsp3) is 0.368. The van der Waals surface area contributed by atoms with Crippen molar-refractivity contribution < 1.29 is 13.5 Å². The van der Waals surface area contributed by atoms with Crippen molar-refractivity contribution in [3.63, 3.8) is 0 Å². The van der Waals surface area contributed by atoms with Gasteiger partial charge in [0, 0.05) is 25.2 Å². The van der Waals surface area contributed by atoms with Crippen molar-refractivity contribution in [1.29, 1.82) is 0 Å². The summed E-state index contributed by atoms with van der Waals surface area (Å²) in [4.78, 5) is 2.38. The second kappa shape index (κ2) is 7.99. The second-order valence-electron chi connectivity index (χ2n) is 5.90. The molecule has 1 N–H and O–H groups in total. The lowest BCUT2D eigenvalue weighted by Crippen LogP contribution is -2.30. The molecule has 2 aromatic rings. The molecule has 128 valence electrons. The van der Waals surface area contributed by atoms with E-state index in [4.69, 9.17) is 0 Å². The molecule has 0 radical (unpaired) electrons. The van der Waals surface area contributed by atoms with E-state index in [0.717, 1.165) is 18.8 Å². The van der Waals surface area contributed by atoms with Gasteiger partial charge in [-0.25, -0.2) is 0 Å². The fourth-order valence-corrected chi connectivity index (χ4v) is 3.08. The number of nitrogens with one attached hydrogen (secondary N) is 1. The summed E-state index contributed by atoms with van der Waals surface area (Å²) in [5, 5.41) is 3.37. The number of hydrogen-bond donors (Lipinski definition) is 1. The normalized spacial score (nSPS) is 14.7. The maximum Gasteiger partial charge on any atom is 0.387 e. The first-order valence-electron chi connectivity index (χ1n) is 8.34. The molecule has 0 bridgehead atoms. The van der Waals surface area contributed by atoms with Gasteiger partial charge in [0.15, 0.2) is 0 Å². The van der Waals surface area contributed by atoms with Gasteiger partial charge >= 0.3 is 6.61 Å². The van der Waals surface area contributed by atoms with Gasteiger partial charge in [-0.1, -0.05) is 30.3 Å². The molecule has 1 saturated heterocycles. The third-order valence-corrected chi connectivity index (χ3v) is 4.26. The Bertz CT molecular complexity index is 657. The summed E-state index contributed by atoms with van der Waals surface area (Å²) in [5.41, 5.74) is 2.90. The predicted octanol–water partition coefficient (Wildman–Crippen LogP) is 4.89. The highest BCUT2D eigenvalue weighted by Crippen LogP contribution is 2.29. The molecule has 0 unspecified atom stereocenters. The monoisotopic (exact) mass is 332 g/mol. The average molecular weight is 332 g/mol. The summed E-state index contributed by atoms with van der Waals surface area (Å²) in [6.45, 7) is -0.256. The van der Waals surface area contributed by atoms with Crippen LogP contribution in [-0.4, -0.2) is 19.7 Å². The molecule has 0 aliphatic carbocycles. The van der Waals surface area contributed by atoms with E-state index in [2.05, 4.69) is 21.0 Å². The number of alkyl halides is 2. The third kappa shape index (κ3) is 4.16. The van der Waals surface area contributed by atoms with Crippen molar-refractivity contribution in [2.45, 2.75) is 32.4 Å². The maximum atomic E-state index is 12.5. The Morgan fingerprint density at radius 3 is 2.46 bits per heavy atom. The van der Waals surface area contributed by atoms with Crippen LogP contribution in [0.2, 0.25) is 0 Å². The van der Waals surface area contributed by atoms with Gasteiger partial charge in [-0.3, -0.25) is 0 Å². The SMILES string of the molecule is FC(F)Oc1ccccc1CNc1ccccc1N1CCCCC1. The van der Waals surface area contributed by atoms with Crippen LogP contribution >= 0.6 is 0 Å². The molecular formula is C19H22F2N2O. The van der Waals surface area contributed by atoms with E-state index in [1.807, 2.05) is 24.3 Å². The Morgan fingerprint density at radius 2 is 1.67 bits per heavy atom. The molecule has 5 heteroatoms. The number of anilines is 2. The average Bonchev–Trinajstić information content (AvgIpc) is 2.61. The van der Waals surface area contributed by atoms with Crippen LogP contribution in [0.15, 0.2) is 48.5 Å². The lowest BCUT2D eigenvalue weighted by Gasteiger charge is -2.30. The van der Waals surface area contributed by atoms with Crippen LogP contribution in [0.5, 0.6) is 5.75 Å². The molecule has 2 aromatic carbocycles. The number of rotatable bonds is 6. The molecular weight excluding hydrogens is 310 g/mol. The molecule has 24 heavy (non-hydrogen) atoms. The third-order valence-electron chi connectivity index (χ3n) is 4.26. The van der Waals surface area contributed by atoms with Crippen LogP contribution < -0.4 is 15.0 Å². The summed E-state index contributed by atoms with van der Waals surface area (Å²) in [5.74, 6) is 0.218. The topological polar surface area (TPSA) is 24.5 Å². The molecule has 1 aliphatic rings. The fourth-order valence-electron chi connectivity index (χ4n) is 3.08. The van der Waals surface area contributed by atoms with Gasteiger partial charge in [0.1, 0.15) is 5.75 Å². The van der Waals surface area contributed by atoms with E-state index < -0.39 is 6.61 Å². The Morgan fingerprint density at radius 1 is 0.958 bits per heavy atom. The maximum absolute atomic E-state index is 12.5. The second-order valence-corrected chi connectivity index (χ2v) is 5.90. The highest BCUT2D eigenvalue weighted by Gasteiger charge is 2.14. The van der Waals surface area contributed by atoms with Crippen molar-refractivity contribution in [3.05, 3.63) is 54.1 Å². The van der Waals surface area contributed by atoms with Crippen LogP contribution in [0, 0.1) is 0 Å². The molecule has 3 rings (SSSR count). The standard InChI is InChI=1S/C19H22F2N2O/c20-19(21)24-18-11-5-2-8-15(18)14-22-16-9-3-4-10-17(16)23-12-6-1-7-13-23/h2-5,8-11,19,22H,1,6-7,12-14H2. The highest BCUT2D eigenvalue weighted by atomic mass is 19.3. The quantitative estimate of drug-likeness (QED) is 0.815. The van der Waals surface area contributed by atoms with Crippen LogP contribution in [-0.2, 0) is 6.54 Å². The Labute approximate surface area is 141 Å². The molecule has 3 nitrogen and oxygen atoms in total. The van der Waals surface area contributed by atoms with E-state index in [1.54, 1.807) is 18.2 Å². The molecule has 0 saturated carbocycles. The number of hydrogen-bond acceptors (Lipinski definition) is 3. The largest absolute Gasteiger partial charge is 0.434 e. The zero-order valence-electron chi connectivity index (χ0n) is 13.6. The van der Waals surface area contributed by atoms with E-state index in [9.17, 15) is 8.78 Å². The van der Waals surface area contributed by atoms with Crippen molar-refractivity contribution in [1.82, 2.24) is 0 Å². The van der Waals surface area contributed by atoms with E-state index in [1.165, 1.54) is 24.9 Å². The number of nitrogens with zero attached hydrogens (tertiary/aromatic N) is 1. The van der Waals surface area contributed by atoms with Gasteiger partial charge in [0.2, 0.25) is 0 Å². The van der Waals surface area contributed by atoms with Crippen LogP contribution in [0.1, 0.15) is 24.8 Å². The molecule has 0 atom stereocenters. The predicted molar refractivity (Wildman–Crippen MR) is 92.9 cm³/mol. The summed E-state index contributed by atoms with van der Waals surface area (Å²) in [6.07, 6.45) is 3.70. The first-order valence-corrected chi connectivity index (χ1v) is 8.34. The van der Waals surface area contributed by atoms with Crippen LogP contribution in [0.3, 0.4) is 0 Å². The van der Waals surface area contributed by atoms with Gasteiger partial charge in [-0.2, -0.15) is 8.78 Å². The van der Waals surface area contributed by atoms with Crippen molar-refractivity contribution in [3.8, 4) is 5.75 Å². The zero-order chi connectivity index (χ0) is 16.8. The zero-order valence-corrected chi connectivity index (χ0v) is 13.6. The van der Waals surface area contributed by atoms with Gasteiger partial charge in [-0.05, 0) is 37.5 Å². The first-order chi connectivity index (χ1) is 11.7. The highest BCUT2D eigenvalue weighted by molar-refractivity contribution is 5.70. The lowest BCUT2D eigenvalue weighted by molar-refractivity contribution is -0.0504. The van der Waals surface area contributed by atoms with Crippen molar-refractivity contribution in [2.24, 2.45) is 0 Å². The van der Waals surface area contributed by atoms with E-state index in [-0.39, 0.29) is 5.75 Å². The summed E-state index contributed by atoms with van der Waals surface area (Å²) in [6, 6.07) is 15.0. The van der Waals surface area contributed by atoms with Gasteiger partial charge in [0.25, 0.3) is 0 Å². The Balaban J connectivity index is 1.73. The molecule has 1 fully saturated rings. The molecule has 0 amide bonds. The van der Waals surface area contributed by atoms with E-state index in [0.29, 0.717) is 12.1 Å². The molecule has 0 aromatic heterocycles. The molecule has 1 aliphatic heterocycles. The first kappa shape index (κ1) is 16.6. The minimum absolute atomic E-state index is 0.218. The minimum Gasteiger partial charge on any atom is -0.434 e. The minimum atomic E-state index is -2.81. The summed E-state index contributed by atoms with van der Waals surface area (Å²) >= 11 is 0. The van der Waals surface area contributed by atoms with E-state index >= 15 is 0 Å². The van der Waals surface area contributed by atoms with Crippen LogP contribution in [0.4, 0.5) is 20.2 Å².